The number of phenols is 1. The molecule has 0 bridgehead atoms. The van der Waals surface area contributed by atoms with E-state index in [4.69, 9.17) is 14.2 Å². The van der Waals surface area contributed by atoms with Gasteiger partial charge in [0, 0.05) is 5.56 Å². The highest BCUT2D eigenvalue weighted by Gasteiger charge is 2.26. The zero-order valence-corrected chi connectivity index (χ0v) is 14.0. The van der Waals surface area contributed by atoms with E-state index < -0.39 is 0 Å². The second-order valence-corrected chi connectivity index (χ2v) is 5.98. The van der Waals surface area contributed by atoms with E-state index in [1.165, 1.54) is 5.56 Å². The molecule has 2 aliphatic rings. The highest BCUT2D eigenvalue weighted by molar-refractivity contribution is 5.72. The molecule has 2 aromatic carbocycles. The van der Waals surface area contributed by atoms with Crippen molar-refractivity contribution < 1.29 is 19.3 Å². The maximum Gasteiger partial charge on any atom is 0.123 e. The highest BCUT2D eigenvalue weighted by Crippen LogP contribution is 2.31. The lowest BCUT2D eigenvalue weighted by Crippen LogP contribution is -2.06. The van der Waals surface area contributed by atoms with E-state index in [0.717, 1.165) is 44.0 Å². The molecule has 0 amide bonds. The molecule has 4 heteroatoms. The number of hydrogen-bond donors (Lipinski definition) is 1. The molecule has 2 saturated heterocycles. The third kappa shape index (κ3) is 5.06. The second-order valence-electron chi connectivity index (χ2n) is 5.98. The molecular formula is C20H24O4. The molecular weight excluding hydrogens is 304 g/mol. The van der Waals surface area contributed by atoms with Gasteiger partial charge in [0.05, 0.1) is 26.4 Å². The van der Waals surface area contributed by atoms with Gasteiger partial charge in [0.1, 0.15) is 18.0 Å². The summed E-state index contributed by atoms with van der Waals surface area (Å²) in [6.07, 6.45) is 1.76. The lowest BCUT2D eigenvalue weighted by atomic mass is 9.97. The largest absolute Gasteiger partial charge is 0.507 e. The minimum absolute atomic E-state index is 0.346. The number of aryl methyl sites for hydroxylation is 1. The van der Waals surface area contributed by atoms with Gasteiger partial charge in [-0.05, 0) is 23.6 Å². The van der Waals surface area contributed by atoms with Crippen molar-refractivity contribution in [2.45, 2.75) is 25.6 Å². The fraction of sp³-hybridized carbons (Fsp3) is 0.400. The van der Waals surface area contributed by atoms with Crippen molar-refractivity contribution in [3.8, 4) is 16.9 Å². The maximum absolute atomic E-state index is 9.78. The summed E-state index contributed by atoms with van der Waals surface area (Å²) < 4.78 is 15.1. The molecule has 2 atom stereocenters. The van der Waals surface area contributed by atoms with Gasteiger partial charge in [-0.1, -0.05) is 49.4 Å². The standard InChI is InChI=1S/C14H14O.C6H10O3/c1-2-11-7-3-4-8-12(11)13-9-5-6-10-14(13)15;1(5-3-8-5)7-2-6-4-9-6/h3-10,15H,2H2,1H3;5-6H,1-4H2. The van der Waals surface area contributed by atoms with Crippen molar-refractivity contribution in [3.63, 3.8) is 0 Å². The minimum Gasteiger partial charge on any atom is -0.507 e. The van der Waals surface area contributed by atoms with Crippen molar-refractivity contribution in [2.24, 2.45) is 0 Å². The molecule has 2 fully saturated rings. The van der Waals surface area contributed by atoms with Gasteiger partial charge in [-0.3, -0.25) is 0 Å². The average molecular weight is 328 g/mol. The Bertz CT molecular complexity index is 636. The van der Waals surface area contributed by atoms with E-state index in [9.17, 15) is 5.11 Å². The first kappa shape index (κ1) is 17.0. The summed E-state index contributed by atoms with van der Waals surface area (Å²) in [4.78, 5) is 0. The lowest BCUT2D eigenvalue weighted by Gasteiger charge is -2.09. The Labute approximate surface area is 143 Å². The topological polar surface area (TPSA) is 54.5 Å². The van der Waals surface area contributed by atoms with Crippen LogP contribution in [-0.4, -0.2) is 43.7 Å². The average Bonchev–Trinajstić information content (AvgIpc) is 3.52. The minimum atomic E-state index is 0.346. The summed E-state index contributed by atoms with van der Waals surface area (Å²) in [6.45, 7) is 5.38. The molecule has 0 saturated carbocycles. The normalized spacial score (nSPS) is 20.9. The van der Waals surface area contributed by atoms with Crippen molar-refractivity contribution >= 4 is 0 Å². The van der Waals surface area contributed by atoms with E-state index in [-0.39, 0.29) is 0 Å². The molecule has 2 unspecified atom stereocenters. The summed E-state index contributed by atoms with van der Waals surface area (Å²) in [7, 11) is 0. The van der Waals surface area contributed by atoms with Crippen LogP contribution in [-0.2, 0) is 20.6 Å². The van der Waals surface area contributed by atoms with E-state index in [2.05, 4.69) is 13.0 Å². The molecule has 1 N–H and O–H groups in total. The highest BCUT2D eigenvalue weighted by atomic mass is 16.6. The monoisotopic (exact) mass is 328 g/mol. The smallest absolute Gasteiger partial charge is 0.123 e. The maximum atomic E-state index is 9.78. The van der Waals surface area contributed by atoms with Crippen LogP contribution in [0.5, 0.6) is 5.75 Å². The number of ether oxygens (including phenoxy) is 3. The third-order valence-electron chi connectivity index (χ3n) is 4.00. The molecule has 2 aliphatic heterocycles. The van der Waals surface area contributed by atoms with Crippen molar-refractivity contribution in [1.29, 1.82) is 0 Å². The molecule has 0 aromatic heterocycles. The van der Waals surface area contributed by atoms with E-state index in [1.54, 1.807) is 6.07 Å². The number of hydrogen-bond acceptors (Lipinski definition) is 4. The summed E-state index contributed by atoms with van der Waals surface area (Å²) in [5.41, 5.74) is 3.30. The molecule has 24 heavy (non-hydrogen) atoms. The van der Waals surface area contributed by atoms with Crippen molar-refractivity contribution in [3.05, 3.63) is 54.1 Å². The van der Waals surface area contributed by atoms with Crippen LogP contribution in [0.2, 0.25) is 0 Å². The van der Waals surface area contributed by atoms with Gasteiger partial charge >= 0.3 is 0 Å². The van der Waals surface area contributed by atoms with Crippen LogP contribution >= 0.6 is 0 Å². The molecule has 0 radical (unpaired) electrons. The van der Waals surface area contributed by atoms with Crippen LogP contribution in [0.3, 0.4) is 0 Å². The fourth-order valence-electron chi connectivity index (χ4n) is 2.45. The number of phenolic OH excluding ortho intramolecular Hbond substituents is 1. The number of para-hydroxylation sites is 1. The predicted octanol–water partition coefficient (Wildman–Crippen LogP) is 3.42. The van der Waals surface area contributed by atoms with Gasteiger partial charge in [-0.2, -0.15) is 0 Å². The summed E-state index contributed by atoms with van der Waals surface area (Å²) in [6, 6.07) is 15.6. The number of aromatic hydroxyl groups is 1. The quantitative estimate of drug-likeness (QED) is 0.826. The molecule has 0 spiro atoms. The zero-order valence-electron chi connectivity index (χ0n) is 14.0. The molecule has 128 valence electrons. The Morgan fingerprint density at radius 1 is 0.917 bits per heavy atom. The first-order valence-electron chi connectivity index (χ1n) is 8.45. The van der Waals surface area contributed by atoms with Gasteiger partial charge in [0.25, 0.3) is 0 Å². The summed E-state index contributed by atoms with van der Waals surface area (Å²) in [5.74, 6) is 0.346. The molecule has 2 aromatic rings. The van der Waals surface area contributed by atoms with Crippen LogP contribution < -0.4 is 0 Å². The lowest BCUT2D eigenvalue weighted by molar-refractivity contribution is 0.102. The molecule has 0 aliphatic carbocycles. The van der Waals surface area contributed by atoms with Gasteiger partial charge in [-0.15, -0.1) is 0 Å². The summed E-state index contributed by atoms with van der Waals surface area (Å²) >= 11 is 0. The SMILES string of the molecule is C(OCC1CO1)C1CO1.CCc1ccccc1-c1ccccc1O. The Kier molecular flexibility index (Phi) is 5.86. The Morgan fingerprint density at radius 2 is 1.46 bits per heavy atom. The Morgan fingerprint density at radius 3 is 2.00 bits per heavy atom. The van der Waals surface area contributed by atoms with E-state index in [0.29, 0.717) is 18.0 Å². The van der Waals surface area contributed by atoms with Gasteiger partial charge in [-0.25, -0.2) is 0 Å². The number of benzene rings is 2. The fourth-order valence-corrected chi connectivity index (χ4v) is 2.45. The van der Waals surface area contributed by atoms with Crippen LogP contribution in [0.25, 0.3) is 11.1 Å². The number of rotatable bonds is 6. The Hall–Kier alpha value is -1.88. The van der Waals surface area contributed by atoms with E-state index >= 15 is 0 Å². The first-order valence-corrected chi connectivity index (χ1v) is 8.45. The van der Waals surface area contributed by atoms with Crippen LogP contribution in [0.1, 0.15) is 12.5 Å². The second kappa shape index (κ2) is 8.29. The van der Waals surface area contributed by atoms with Crippen molar-refractivity contribution in [1.82, 2.24) is 0 Å². The zero-order chi connectivity index (χ0) is 16.8. The summed E-state index contributed by atoms with van der Waals surface area (Å²) in [5, 5.41) is 9.78. The van der Waals surface area contributed by atoms with Crippen LogP contribution in [0.15, 0.2) is 48.5 Å². The van der Waals surface area contributed by atoms with Crippen molar-refractivity contribution in [2.75, 3.05) is 26.4 Å². The molecule has 2 heterocycles. The van der Waals surface area contributed by atoms with Crippen LogP contribution in [0.4, 0.5) is 0 Å². The number of epoxide rings is 2. The van der Waals surface area contributed by atoms with Gasteiger partial charge < -0.3 is 19.3 Å². The first-order chi connectivity index (χ1) is 11.8. The Balaban J connectivity index is 0.000000159. The van der Waals surface area contributed by atoms with Gasteiger partial charge in [0.15, 0.2) is 0 Å². The third-order valence-corrected chi connectivity index (χ3v) is 4.00. The molecule has 4 rings (SSSR count). The van der Waals surface area contributed by atoms with Gasteiger partial charge in [0.2, 0.25) is 0 Å². The van der Waals surface area contributed by atoms with Crippen LogP contribution in [0, 0.1) is 0 Å². The molecule has 4 nitrogen and oxygen atoms in total. The van der Waals surface area contributed by atoms with E-state index in [1.807, 2.05) is 36.4 Å². The predicted molar refractivity (Wildman–Crippen MR) is 93.2 cm³/mol.